The van der Waals surface area contributed by atoms with Crippen LogP contribution in [0.25, 0.3) is 0 Å². The topological polar surface area (TPSA) is 32.3 Å². The Morgan fingerprint density at radius 2 is 1.73 bits per heavy atom. The van der Waals surface area contributed by atoms with Crippen LogP contribution in [0.15, 0.2) is 18.2 Å². The third-order valence-electron chi connectivity index (χ3n) is 4.06. The Bertz CT molecular complexity index is 450. The van der Waals surface area contributed by atoms with E-state index in [1.54, 1.807) is 0 Å². The van der Waals surface area contributed by atoms with Crippen LogP contribution in [-0.4, -0.2) is 25.0 Å². The quantitative estimate of drug-likeness (QED) is 0.693. The third-order valence-corrected chi connectivity index (χ3v) is 4.06. The first-order chi connectivity index (χ1) is 10.5. The van der Waals surface area contributed by atoms with E-state index < -0.39 is 0 Å². The molecule has 0 spiro atoms. The number of nitrogens with zero attached hydrogens (tertiary/aromatic N) is 1. The Kier molecular flexibility index (Phi) is 8.18. The van der Waals surface area contributed by atoms with Crippen LogP contribution in [0.1, 0.15) is 57.6 Å². The maximum Gasteiger partial charge on any atom is 0.243 e. The zero-order valence-electron chi connectivity index (χ0n) is 14.9. The molecule has 0 saturated carbocycles. The summed E-state index contributed by atoms with van der Waals surface area (Å²) >= 11 is 0. The lowest BCUT2D eigenvalue weighted by atomic mass is 10.1. The first kappa shape index (κ1) is 18.7. The van der Waals surface area contributed by atoms with E-state index in [0.29, 0.717) is 0 Å². The minimum Gasteiger partial charge on any atom is -0.311 e. The largest absolute Gasteiger partial charge is 0.311 e. The van der Waals surface area contributed by atoms with E-state index in [2.05, 4.69) is 51.2 Å². The van der Waals surface area contributed by atoms with Gasteiger partial charge in [0.25, 0.3) is 0 Å². The second-order valence-electron chi connectivity index (χ2n) is 6.11. The number of hydrogen-bond donors (Lipinski definition) is 1. The van der Waals surface area contributed by atoms with Crippen LogP contribution in [0.4, 0.5) is 5.69 Å². The SMILES string of the molecule is CCCCNC(C)C(=O)N(CCCC)c1c(C)cccc1C. The molecule has 0 aliphatic rings. The van der Waals surface area contributed by atoms with Gasteiger partial charge in [-0.3, -0.25) is 4.79 Å². The molecule has 3 nitrogen and oxygen atoms in total. The molecule has 0 radical (unpaired) electrons. The normalized spacial score (nSPS) is 12.2. The number of carbonyl (C=O) groups excluding carboxylic acids is 1. The smallest absolute Gasteiger partial charge is 0.243 e. The minimum atomic E-state index is -0.137. The number of anilines is 1. The Morgan fingerprint density at radius 1 is 1.14 bits per heavy atom. The third kappa shape index (κ3) is 5.13. The lowest BCUT2D eigenvalue weighted by molar-refractivity contribution is -0.120. The molecule has 0 aromatic heterocycles. The van der Waals surface area contributed by atoms with Crippen molar-refractivity contribution < 1.29 is 4.79 Å². The van der Waals surface area contributed by atoms with Crippen molar-refractivity contribution in [1.29, 1.82) is 0 Å². The average molecular weight is 304 g/mol. The minimum absolute atomic E-state index is 0.137. The van der Waals surface area contributed by atoms with E-state index in [4.69, 9.17) is 0 Å². The number of benzene rings is 1. The molecule has 1 N–H and O–H groups in total. The van der Waals surface area contributed by atoms with Gasteiger partial charge in [0.15, 0.2) is 0 Å². The molecular weight excluding hydrogens is 272 g/mol. The number of hydrogen-bond acceptors (Lipinski definition) is 2. The fourth-order valence-corrected chi connectivity index (χ4v) is 2.70. The maximum absolute atomic E-state index is 12.9. The second-order valence-corrected chi connectivity index (χ2v) is 6.11. The van der Waals surface area contributed by atoms with E-state index in [9.17, 15) is 4.79 Å². The number of amides is 1. The van der Waals surface area contributed by atoms with E-state index in [0.717, 1.165) is 44.5 Å². The molecule has 0 fully saturated rings. The monoisotopic (exact) mass is 304 g/mol. The lowest BCUT2D eigenvalue weighted by Gasteiger charge is -2.29. The van der Waals surface area contributed by atoms with Gasteiger partial charge in [-0.05, 0) is 51.3 Å². The summed E-state index contributed by atoms with van der Waals surface area (Å²) in [5.74, 6) is 0.182. The van der Waals surface area contributed by atoms with Crippen molar-refractivity contribution >= 4 is 11.6 Å². The molecular formula is C19H32N2O. The summed E-state index contributed by atoms with van der Waals surface area (Å²) in [6.07, 6.45) is 4.37. The zero-order valence-corrected chi connectivity index (χ0v) is 14.9. The van der Waals surface area contributed by atoms with Gasteiger partial charge in [0.1, 0.15) is 0 Å². The van der Waals surface area contributed by atoms with Crippen molar-refractivity contribution in [2.24, 2.45) is 0 Å². The number of rotatable bonds is 9. The summed E-state index contributed by atoms with van der Waals surface area (Å²) in [7, 11) is 0. The molecule has 0 aliphatic carbocycles. The van der Waals surface area contributed by atoms with E-state index in [1.807, 2.05) is 11.8 Å². The Hall–Kier alpha value is -1.35. The van der Waals surface area contributed by atoms with Gasteiger partial charge in [-0.15, -0.1) is 0 Å². The average Bonchev–Trinajstić information content (AvgIpc) is 2.49. The number of carbonyl (C=O) groups is 1. The summed E-state index contributed by atoms with van der Waals surface area (Å²) in [5, 5.41) is 3.36. The van der Waals surface area contributed by atoms with Gasteiger partial charge in [-0.25, -0.2) is 0 Å². The fourth-order valence-electron chi connectivity index (χ4n) is 2.70. The molecule has 1 aromatic rings. The van der Waals surface area contributed by atoms with Gasteiger partial charge in [0.05, 0.1) is 6.04 Å². The van der Waals surface area contributed by atoms with Crippen molar-refractivity contribution in [1.82, 2.24) is 5.32 Å². The Balaban J connectivity index is 2.94. The van der Waals surface area contributed by atoms with Crippen LogP contribution in [0.5, 0.6) is 0 Å². The molecule has 1 atom stereocenters. The summed E-state index contributed by atoms with van der Waals surface area (Å²) in [6.45, 7) is 12.2. The van der Waals surface area contributed by atoms with E-state index >= 15 is 0 Å². The maximum atomic E-state index is 12.9. The first-order valence-electron chi connectivity index (χ1n) is 8.63. The van der Waals surface area contributed by atoms with Gasteiger partial charge in [0.2, 0.25) is 5.91 Å². The van der Waals surface area contributed by atoms with E-state index in [1.165, 1.54) is 11.1 Å². The zero-order chi connectivity index (χ0) is 16.5. The number of aryl methyl sites for hydroxylation is 2. The van der Waals surface area contributed by atoms with Gasteiger partial charge in [-0.1, -0.05) is 44.9 Å². The highest BCUT2D eigenvalue weighted by Gasteiger charge is 2.23. The van der Waals surface area contributed by atoms with Gasteiger partial charge >= 0.3 is 0 Å². The van der Waals surface area contributed by atoms with Crippen LogP contribution in [0, 0.1) is 13.8 Å². The van der Waals surface area contributed by atoms with Crippen molar-refractivity contribution in [2.45, 2.75) is 66.3 Å². The molecule has 0 heterocycles. The first-order valence-corrected chi connectivity index (χ1v) is 8.63. The number of nitrogens with one attached hydrogen (secondary N) is 1. The predicted octanol–water partition coefficient (Wildman–Crippen LogP) is 4.21. The summed E-state index contributed by atoms with van der Waals surface area (Å²) in [6, 6.07) is 6.09. The standard InChI is InChI=1S/C19H32N2O/c1-6-8-13-20-17(5)19(22)21(14-9-7-2)18-15(3)11-10-12-16(18)4/h10-12,17,20H,6-9,13-14H2,1-5H3. The second kappa shape index (κ2) is 9.62. The summed E-state index contributed by atoms with van der Waals surface area (Å²) in [4.78, 5) is 14.9. The van der Waals surface area contributed by atoms with Crippen molar-refractivity contribution in [3.8, 4) is 0 Å². The number of para-hydroxylation sites is 1. The van der Waals surface area contributed by atoms with Gasteiger partial charge in [0, 0.05) is 12.2 Å². The van der Waals surface area contributed by atoms with Crippen molar-refractivity contribution in [3.05, 3.63) is 29.3 Å². The van der Waals surface area contributed by atoms with Crippen molar-refractivity contribution in [3.63, 3.8) is 0 Å². The predicted molar refractivity (Wildman–Crippen MR) is 95.5 cm³/mol. The highest BCUT2D eigenvalue weighted by Crippen LogP contribution is 2.25. The highest BCUT2D eigenvalue weighted by molar-refractivity contribution is 5.98. The van der Waals surface area contributed by atoms with E-state index in [-0.39, 0.29) is 11.9 Å². The van der Waals surface area contributed by atoms with Crippen molar-refractivity contribution in [2.75, 3.05) is 18.0 Å². The summed E-state index contributed by atoms with van der Waals surface area (Å²) < 4.78 is 0. The van der Waals surface area contributed by atoms with Gasteiger partial charge < -0.3 is 10.2 Å². The lowest BCUT2D eigenvalue weighted by Crippen LogP contribution is -2.46. The van der Waals surface area contributed by atoms with Gasteiger partial charge in [-0.2, -0.15) is 0 Å². The Labute approximate surface area is 136 Å². The molecule has 0 saturated heterocycles. The van der Waals surface area contributed by atoms with Crippen LogP contribution < -0.4 is 10.2 Å². The van der Waals surface area contributed by atoms with Crippen LogP contribution >= 0.6 is 0 Å². The molecule has 22 heavy (non-hydrogen) atoms. The molecule has 1 rings (SSSR count). The molecule has 124 valence electrons. The molecule has 0 bridgehead atoms. The molecule has 1 amide bonds. The highest BCUT2D eigenvalue weighted by atomic mass is 16.2. The summed E-state index contributed by atoms with van der Waals surface area (Å²) in [5.41, 5.74) is 3.43. The molecule has 0 aliphatic heterocycles. The molecule has 1 aromatic carbocycles. The molecule has 3 heteroatoms. The Morgan fingerprint density at radius 3 is 2.27 bits per heavy atom. The van der Waals surface area contributed by atoms with Crippen LogP contribution in [0.2, 0.25) is 0 Å². The molecule has 1 unspecified atom stereocenters. The van der Waals surface area contributed by atoms with Crippen LogP contribution in [0.3, 0.4) is 0 Å². The van der Waals surface area contributed by atoms with Crippen LogP contribution in [-0.2, 0) is 4.79 Å². The number of unbranched alkanes of at least 4 members (excludes halogenated alkanes) is 2. The fraction of sp³-hybridized carbons (Fsp3) is 0.632.